The van der Waals surface area contributed by atoms with Crippen LogP contribution in [-0.2, 0) is 11.3 Å². The van der Waals surface area contributed by atoms with Crippen LogP contribution in [0.15, 0.2) is 36.9 Å². The maximum Gasteiger partial charge on any atom is 0.243 e. The molecule has 0 unspecified atom stereocenters. The first kappa shape index (κ1) is 15.6. The number of anilines is 1. The molecule has 2 atom stereocenters. The monoisotopic (exact) mass is 314 g/mol. The van der Waals surface area contributed by atoms with E-state index in [0.717, 1.165) is 25.9 Å². The van der Waals surface area contributed by atoms with Gasteiger partial charge in [0.05, 0.1) is 12.6 Å². The number of rotatable bonds is 5. The Hall–Kier alpha value is -2.28. The molecule has 0 aliphatic carbocycles. The Kier molecular flexibility index (Phi) is 4.97. The zero-order valence-electron chi connectivity index (χ0n) is 13.3. The van der Waals surface area contributed by atoms with E-state index in [1.54, 1.807) is 24.7 Å². The second-order valence-corrected chi connectivity index (χ2v) is 5.85. The van der Waals surface area contributed by atoms with E-state index in [2.05, 4.69) is 25.3 Å². The van der Waals surface area contributed by atoms with Gasteiger partial charge < -0.3 is 0 Å². The average molecular weight is 314 g/mol. The normalized spacial score (nSPS) is 20.1. The molecule has 2 aromatic heterocycles. The fourth-order valence-corrected chi connectivity index (χ4v) is 3.08. The number of carbonyl (C=O) groups excluding carboxylic acids is 1. The second kappa shape index (κ2) is 7.32. The molecule has 0 bridgehead atoms. The van der Waals surface area contributed by atoms with Crippen molar-refractivity contribution in [3.63, 3.8) is 0 Å². The number of piperidine rings is 1. The van der Waals surface area contributed by atoms with Crippen molar-refractivity contribution in [3.05, 3.63) is 36.9 Å². The van der Waals surface area contributed by atoms with Gasteiger partial charge in [-0.05, 0) is 38.4 Å². The molecular weight excluding hydrogens is 292 g/mol. The molecule has 3 heterocycles. The van der Waals surface area contributed by atoms with Crippen LogP contribution in [0, 0.1) is 0 Å². The zero-order valence-corrected chi connectivity index (χ0v) is 13.3. The van der Waals surface area contributed by atoms with Crippen LogP contribution in [0.1, 0.15) is 26.2 Å². The number of likely N-dealkylation sites (tertiary alicyclic amines) is 1. The highest BCUT2D eigenvalue weighted by atomic mass is 16.2. The Bertz CT molecular complexity index is 615. The van der Waals surface area contributed by atoms with Gasteiger partial charge in [-0.2, -0.15) is 5.10 Å². The third kappa shape index (κ3) is 3.92. The summed E-state index contributed by atoms with van der Waals surface area (Å²) < 4.78 is 1.94. The SMILES string of the molecule is C[C@@H](C(=O)Nc1ncccn1)N1CCCC[C@@H]1Cn1cccn1. The van der Waals surface area contributed by atoms with Gasteiger partial charge in [0.25, 0.3) is 0 Å². The minimum atomic E-state index is -0.223. The molecule has 1 N–H and O–H groups in total. The molecule has 7 nitrogen and oxygen atoms in total. The van der Waals surface area contributed by atoms with Crippen molar-refractivity contribution in [1.82, 2.24) is 24.6 Å². The lowest BCUT2D eigenvalue weighted by atomic mass is 9.99. The van der Waals surface area contributed by atoms with Crippen LogP contribution < -0.4 is 5.32 Å². The van der Waals surface area contributed by atoms with Crippen LogP contribution in [0.5, 0.6) is 0 Å². The summed E-state index contributed by atoms with van der Waals surface area (Å²) in [6.07, 6.45) is 10.4. The zero-order chi connectivity index (χ0) is 16.1. The maximum atomic E-state index is 12.5. The van der Waals surface area contributed by atoms with Crippen molar-refractivity contribution in [1.29, 1.82) is 0 Å². The van der Waals surface area contributed by atoms with Gasteiger partial charge in [-0.1, -0.05) is 6.42 Å². The van der Waals surface area contributed by atoms with Crippen LogP contribution >= 0.6 is 0 Å². The Morgan fingerprint density at radius 3 is 2.87 bits per heavy atom. The number of carbonyl (C=O) groups is 1. The smallest absolute Gasteiger partial charge is 0.243 e. The molecule has 3 rings (SSSR count). The lowest BCUT2D eigenvalue weighted by Gasteiger charge is -2.39. The van der Waals surface area contributed by atoms with Gasteiger partial charge in [-0.3, -0.25) is 19.7 Å². The molecule has 0 spiro atoms. The van der Waals surface area contributed by atoms with Gasteiger partial charge in [0, 0.05) is 30.8 Å². The van der Waals surface area contributed by atoms with Gasteiger partial charge in [0.1, 0.15) is 0 Å². The molecule has 122 valence electrons. The fraction of sp³-hybridized carbons (Fsp3) is 0.500. The summed E-state index contributed by atoms with van der Waals surface area (Å²) >= 11 is 0. The highest BCUT2D eigenvalue weighted by Gasteiger charge is 2.30. The highest BCUT2D eigenvalue weighted by Crippen LogP contribution is 2.21. The van der Waals surface area contributed by atoms with Crippen molar-refractivity contribution in [2.45, 2.75) is 44.8 Å². The molecule has 0 aromatic carbocycles. The largest absolute Gasteiger partial charge is 0.293 e. The molecular formula is C16H22N6O. The van der Waals surface area contributed by atoms with Crippen molar-refractivity contribution < 1.29 is 4.79 Å². The Morgan fingerprint density at radius 2 is 2.13 bits per heavy atom. The Balaban J connectivity index is 1.65. The number of amides is 1. The van der Waals surface area contributed by atoms with Crippen LogP contribution in [0.4, 0.5) is 5.95 Å². The number of nitrogens with zero attached hydrogens (tertiary/aromatic N) is 5. The average Bonchev–Trinajstić information content (AvgIpc) is 3.09. The van der Waals surface area contributed by atoms with E-state index in [0.29, 0.717) is 12.0 Å². The third-order valence-electron chi connectivity index (χ3n) is 4.31. The summed E-state index contributed by atoms with van der Waals surface area (Å²) in [6, 6.07) is 3.75. The minimum Gasteiger partial charge on any atom is -0.293 e. The number of hydrogen-bond acceptors (Lipinski definition) is 5. The number of hydrogen-bond donors (Lipinski definition) is 1. The van der Waals surface area contributed by atoms with Gasteiger partial charge in [-0.25, -0.2) is 9.97 Å². The molecule has 0 radical (unpaired) electrons. The predicted molar refractivity (Wildman–Crippen MR) is 86.7 cm³/mol. The quantitative estimate of drug-likeness (QED) is 0.906. The second-order valence-electron chi connectivity index (χ2n) is 5.85. The van der Waals surface area contributed by atoms with E-state index in [1.165, 1.54) is 6.42 Å². The Labute approximate surface area is 135 Å². The standard InChI is InChI=1S/C16H22N6O/c1-13(15(23)20-16-17-7-4-8-18-16)22-11-3-2-6-14(22)12-21-10-5-9-19-21/h4-5,7-10,13-14H,2-3,6,11-12H2,1H3,(H,17,18,20,23)/t13-,14+/m0/s1. The predicted octanol–water partition coefficient (Wildman–Crippen LogP) is 1.55. The van der Waals surface area contributed by atoms with E-state index in [4.69, 9.17) is 0 Å². The van der Waals surface area contributed by atoms with Crippen molar-refractivity contribution in [2.24, 2.45) is 0 Å². The molecule has 23 heavy (non-hydrogen) atoms. The molecule has 2 aromatic rings. The van der Waals surface area contributed by atoms with E-state index >= 15 is 0 Å². The van der Waals surface area contributed by atoms with Crippen LogP contribution in [0.2, 0.25) is 0 Å². The van der Waals surface area contributed by atoms with E-state index in [-0.39, 0.29) is 11.9 Å². The molecule has 1 amide bonds. The highest BCUT2D eigenvalue weighted by molar-refractivity contribution is 5.93. The van der Waals surface area contributed by atoms with Crippen molar-refractivity contribution in [2.75, 3.05) is 11.9 Å². The summed E-state index contributed by atoms with van der Waals surface area (Å²) in [4.78, 5) is 22.9. The summed E-state index contributed by atoms with van der Waals surface area (Å²) in [5, 5.41) is 7.08. The minimum absolute atomic E-state index is 0.0661. The Morgan fingerprint density at radius 1 is 1.30 bits per heavy atom. The maximum absolute atomic E-state index is 12.5. The molecule has 0 saturated carbocycles. The van der Waals surface area contributed by atoms with Gasteiger partial charge in [-0.15, -0.1) is 0 Å². The topological polar surface area (TPSA) is 75.9 Å². The summed E-state index contributed by atoms with van der Waals surface area (Å²) in [5.41, 5.74) is 0. The van der Waals surface area contributed by atoms with E-state index in [9.17, 15) is 4.79 Å². The fourth-order valence-electron chi connectivity index (χ4n) is 3.08. The first-order valence-electron chi connectivity index (χ1n) is 8.05. The lowest BCUT2D eigenvalue weighted by molar-refractivity contribution is -0.122. The first-order valence-corrected chi connectivity index (χ1v) is 8.05. The van der Waals surface area contributed by atoms with Crippen molar-refractivity contribution in [3.8, 4) is 0 Å². The van der Waals surface area contributed by atoms with Gasteiger partial charge >= 0.3 is 0 Å². The first-order chi connectivity index (χ1) is 11.2. The summed E-state index contributed by atoms with van der Waals surface area (Å²) in [5.74, 6) is 0.286. The third-order valence-corrected chi connectivity index (χ3v) is 4.31. The number of nitrogens with one attached hydrogen (secondary N) is 1. The molecule has 1 aliphatic rings. The van der Waals surface area contributed by atoms with Crippen LogP contribution in [-0.4, -0.2) is 49.2 Å². The summed E-state index contributed by atoms with van der Waals surface area (Å²) in [6.45, 7) is 3.68. The summed E-state index contributed by atoms with van der Waals surface area (Å²) in [7, 11) is 0. The van der Waals surface area contributed by atoms with E-state index in [1.807, 2.05) is 23.9 Å². The van der Waals surface area contributed by atoms with Crippen molar-refractivity contribution >= 4 is 11.9 Å². The molecule has 1 aliphatic heterocycles. The molecule has 1 saturated heterocycles. The van der Waals surface area contributed by atoms with Gasteiger partial charge in [0.2, 0.25) is 11.9 Å². The van der Waals surface area contributed by atoms with Gasteiger partial charge in [0.15, 0.2) is 0 Å². The molecule has 1 fully saturated rings. The lowest BCUT2D eigenvalue weighted by Crippen LogP contribution is -2.51. The molecule has 7 heteroatoms. The van der Waals surface area contributed by atoms with E-state index < -0.39 is 0 Å². The number of aromatic nitrogens is 4. The van der Waals surface area contributed by atoms with Crippen LogP contribution in [0.3, 0.4) is 0 Å². The van der Waals surface area contributed by atoms with Crippen LogP contribution in [0.25, 0.3) is 0 Å².